The fourth-order valence-electron chi connectivity index (χ4n) is 1.76. The molecule has 0 unspecified atom stereocenters. The van der Waals surface area contributed by atoms with Gasteiger partial charge in [0, 0.05) is 29.5 Å². The van der Waals surface area contributed by atoms with E-state index in [1.807, 2.05) is 6.07 Å². The van der Waals surface area contributed by atoms with Crippen LogP contribution in [0.1, 0.15) is 0 Å². The Balaban J connectivity index is 2.36. The average molecular weight is 225 g/mol. The van der Waals surface area contributed by atoms with Gasteiger partial charge in [-0.1, -0.05) is 6.07 Å². The summed E-state index contributed by atoms with van der Waals surface area (Å²) in [5.41, 5.74) is 1.32. The van der Waals surface area contributed by atoms with Crippen molar-refractivity contribution in [2.24, 2.45) is 0 Å². The molecule has 1 aromatic carbocycles. The fourth-order valence-corrected chi connectivity index (χ4v) is 1.76. The Morgan fingerprint density at radius 3 is 2.47 bits per heavy atom. The summed E-state index contributed by atoms with van der Waals surface area (Å²) in [5.74, 6) is 0.170. The molecule has 0 bridgehead atoms. The number of nitrogens with zero attached hydrogens (tertiary/aromatic N) is 3. The molecule has 4 heteroatoms. The molecule has 3 nitrogen and oxygen atoms in total. The van der Waals surface area contributed by atoms with E-state index in [9.17, 15) is 4.39 Å². The molecule has 0 aliphatic heterocycles. The number of halogens is 1. The Morgan fingerprint density at radius 1 is 0.882 bits per heavy atom. The molecule has 0 aliphatic rings. The number of rotatable bonds is 1. The van der Waals surface area contributed by atoms with Crippen molar-refractivity contribution < 1.29 is 4.39 Å². The molecular weight excluding hydrogens is 217 g/mol. The number of hydrogen-bond donors (Lipinski definition) is 0. The number of hydrogen-bond acceptors (Lipinski definition) is 3. The Kier molecular flexibility index (Phi) is 2.26. The van der Waals surface area contributed by atoms with Crippen molar-refractivity contribution in [1.29, 1.82) is 0 Å². The molecule has 2 heterocycles. The van der Waals surface area contributed by atoms with Crippen LogP contribution in [-0.2, 0) is 0 Å². The quantitative estimate of drug-likeness (QED) is 0.639. The van der Waals surface area contributed by atoms with Crippen LogP contribution in [0.5, 0.6) is 0 Å². The van der Waals surface area contributed by atoms with E-state index in [-0.39, 0.29) is 5.82 Å². The third-order valence-electron chi connectivity index (χ3n) is 2.48. The summed E-state index contributed by atoms with van der Waals surface area (Å²) in [7, 11) is 0. The van der Waals surface area contributed by atoms with Gasteiger partial charge in [-0.2, -0.15) is 0 Å². The summed E-state index contributed by atoms with van der Waals surface area (Å²) in [4.78, 5) is 12.5. The smallest absolute Gasteiger partial charge is 0.161 e. The van der Waals surface area contributed by atoms with Gasteiger partial charge in [0.15, 0.2) is 5.82 Å². The lowest BCUT2D eigenvalue weighted by molar-refractivity contribution is 0.630. The average Bonchev–Trinajstić information content (AvgIpc) is 2.39. The minimum Gasteiger partial charge on any atom is -0.255 e. The summed E-state index contributed by atoms with van der Waals surface area (Å²) < 4.78 is 13.5. The highest BCUT2D eigenvalue weighted by atomic mass is 19.1. The van der Waals surface area contributed by atoms with Gasteiger partial charge in [0.2, 0.25) is 0 Å². The van der Waals surface area contributed by atoms with Gasteiger partial charge in [-0.3, -0.25) is 4.98 Å². The molecule has 0 spiro atoms. The maximum Gasteiger partial charge on any atom is 0.161 e. The van der Waals surface area contributed by atoms with Crippen LogP contribution in [0.15, 0.2) is 48.9 Å². The van der Waals surface area contributed by atoms with E-state index in [0.29, 0.717) is 16.9 Å². The molecule has 0 N–H and O–H groups in total. The van der Waals surface area contributed by atoms with Crippen molar-refractivity contribution in [3.05, 3.63) is 54.7 Å². The van der Waals surface area contributed by atoms with Gasteiger partial charge < -0.3 is 0 Å². The predicted octanol–water partition coefficient (Wildman–Crippen LogP) is 2.83. The van der Waals surface area contributed by atoms with E-state index in [1.165, 1.54) is 12.1 Å². The zero-order valence-electron chi connectivity index (χ0n) is 8.84. The molecule has 2 aromatic heterocycles. The van der Waals surface area contributed by atoms with Gasteiger partial charge in [0.1, 0.15) is 5.82 Å². The van der Waals surface area contributed by atoms with Gasteiger partial charge in [0.05, 0.1) is 5.52 Å². The highest BCUT2D eigenvalue weighted by molar-refractivity contribution is 5.91. The van der Waals surface area contributed by atoms with E-state index in [2.05, 4.69) is 15.0 Å². The summed E-state index contributed by atoms with van der Waals surface area (Å²) in [6.07, 6.45) is 4.93. The topological polar surface area (TPSA) is 38.7 Å². The number of pyridine rings is 1. The highest BCUT2D eigenvalue weighted by Gasteiger charge is 2.09. The van der Waals surface area contributed by atoms with E-state index >= 15 is 0 Å². The third kappa shape index (κ3) is 1.73. The molecule has 82 valence electrons. The lowest BCUT2D eigenvalue weighted by Crippen LogP contribution is -1.91. The first-order chi connectivity index (χ1) is 8.34. The van der Waals surface area contributed by atoms with E-state index < -0.39 is 0 Å². The number of fused-ring (bicyclic) bond motifs is 1. The fraction of sp³-hybridized carbons (Fsp3) is 0. The van der Waals surface area contributed by atoms with Crippen LogP contribution >= 0.6 is 0 Å². The van der Waals surface area contributed by atoms with Crippen molar-refractivity contribution in [2.45, 2.75) is 0 Å². The van der Waals surface area contributed by atoms with E-state index in [4.69, 9.17) is 0 Å². The molecule has 3 rings (SSSR count). The van der Waals surface area contributed by atoms with Crippen molar-refractivity contribution in [3.63, 3.8) is 0 Å². The number of aromatic nitrogens is 3. The molecule has 0 saturated heterocycles. The standard InChI is InChI=1S/C13H8FN3/c14-10-7-9-3-1-4-15-12(9)11(8-10)13-16-5-2-6-17-13/h1-8H. The predicted molar refractivity (Wildman–Crippen MR) is 62.7 cm³/mol. The lowest BCUT2D eigenvalue weighted by atomic mass is 10.1. The van der Waals surface area contributed by atoms with Crippen LogP contribution < -0.4 is 0 Å². The molecule has 0 atom stereocenters. The lowest BCUT2D eigenvalue weighted by Gasteiger charge is -2.04. The van der Waals surface area contributed by atoms with Crippen molar-refractivity contribution in [1.82, 2.24) is 15.0 Å². The van der Waals surface area contributed by atoms with Crippen molar-refractivity contribution in [3.8, 4) is 11.4 Å². The zero-order valence-corrected chi connectivity index (χ0v) is 8.84. The molecular formula is C13H8FN3. The first-order valence-electron chi connectivity index (χ1n) is 5.16. The first kappa shape index (κ1) is 9.84. The Labute approximate surface area is 97.0 Å². The van der Waals surface area contributed by atoms with Crippen LogP contribution in [0.2, 0.25) is 0 Å². The maximum absolute atomic E-state index is 13.5. The SMILES string of the molecule is Fc1cc(-c2ncccn2)c2ncccc2c1. The molecule has 0 radical (unpaired) electrons. The second-order valence-electron chi connectivity index (χ2n) is 3.60. The summed E-state index contributed by atoms with van der Waals surface area (Å²) in [6, 6.07) is 8.17. The van der Waals surface area contributed by atoms with Crippen LogP contribution in [-0.4, -0.2) is 15.0 Å². The molecule has 0 saturated carbocycles. The van der Waals surface area contributed by atoms with Crippen molar-refractivity contribution >= 4 is 10.9 Å². The third-order valence-corrected chi connectivity index (χ3v) is 2.48. The second-order valence-corrected chi connectivity index (χ2v) is 3.60. The van der Waals surface area contributed by atoms with Gasteiger partial charge >= 0.3 is 0 Å². The summed E-state index contributed by atoms with van der Waals surface area (Å²) >= 11 is 0. The minimum atomic E-state index is -0.312. The second kappa shape index (κ2) is 3.90. The van der Waals surface area contributed by atoms with Gasteiger partial charge in [-0.05, 0) is 24.3 Å². The van der Waals surface area contributed by atoms with Crippen LogP contribution in [0.25, 0.3) is 22.3 Å². The molecule has 17 heavy (non-hydrogen) atoms. The Hall–Kier alpha value is -2.36. The highest BCUT2D eigenvalue weighted by Crippen LogP contribution is 2.25. The maximum atomic E-state index is 13.5. The molecule has 0 amide bonds. The minimum absolute atomic E-state index is 0.312. The van der Waals surface area contributed by atoms with Gasteiger partial charge in [-0.15, -0.1) is 0 Å². The van der Waals surface area contributed by atoms with Crippen LogP contribution in [0.3, 0.4) is 0 Å². The summed E-state index contributed by atoms with van der Waals surface area (Å²) in [6.45, 7) is 0. The largest absolute Gasteiger partial charge is 0.255 e. The number of benzene rings is 1. The van der Waals surface area contributed by atoms with Crippen molar-refractivity contribution in [2.75, 3.05) is 0 Å². The monoisotopic (exact) mass is 225 g/mol. The Morgan fingerprint density at radius 2 is 1.65 bits per heavy atom. The normalized spacial score (nSPS) is 10.6. The molecule has 0 fully saturated rings. The van der Waals surface area contributed by atoms with Gasteiger partial charge in [0.25, 0.3) is 0 Å². The first-order valence-corrected chi connectivity index (χ1v) is 5.16. The van der Waals surface area contributed by atoms with Gasteiger partial charge in [-0.25, -0.2) is 14.4 Å². The molecule has 0 aliphatic carbocycles. The van der Waals surface area contributed by atoms with E-state index in [1.54, 1.807) is 30.7 Å². The Bertz CT molecular complexity index is 668. The molecule has 3 aromatic rings. The summed E-state index contributed by atoms with van der Waals surface area (Å²) in [5, 5.41) is 0.745. The zero-order chi connectivity index (χ0) is 11.7. The van der Waals surface area contributed by atoms with Crippen LogP contribution in [0, 0.1) is 5.82 Å². The van der Waals surface area contributed by atoms with Crippen LogP contribution in [0.4, 0.5) is 4.39 Å². The van der Waals surface area contributed by atoms with E-state index in [0.717, 1.165) is 5.39 Å².